The first-order valence-electron chi connectivity index (χ1n) is 14.5. The first-order chi connectivity index (χ1) is 19.3. The molecule has 0 spiro atoms. The molecule has 2 amide bonds. The predicted octanol–water partition coefficient (Wildman–Crippen LogP) is 6.69. The van der Waals surface area contributed by atoms with Gasteiger partial charge >= 0.3 is 0 Å². The summed E-state index contributed by atoms with van der Waals surface area (Å²) in [6.45, 7) is 8.48. The Kier molecular flexibility index (Phi) is 6.87. The fourth-order valence-electron chi connectivity index (χ4n) is 6.60. The third-order valence-corrected chi connectivity index (χ3v) is 8.66. The molecule has 6 heteroatoms. The lowest BCUT2D eigenvalue weighted by Gasteiger charge is -2.34. The fourth-order valence-corrected chi connectivity index (χ4v) is 6.60. The van der Waals surface area contributed by atoms with Crippen molar-refractivity contribution in [2.24, 2.45) is 13.0 Å². The zero-order chi connectivity index (χ0) is 28.0. The molecule has 2 aliphatic rings. The van der Waals surface area contributed by atoms with E-state index in [1.54, 1.807) is 0 Å². The number of aryl methyl sites for hydroxylation is 1. The van der Waals surface area contributed by atoms with Crippen LogP contribution in [0.25, 0.3) is 10.9 Å². The van der Waals surface area contributed by atoms with E-state index in [9.17, 15) is 9.59 Å². The van der Waals surface area contributed by atoms with Crippen LogP contribution in [0.4, 0.5) is 11.4 Å². The van der Waals surface area contributed by atoms with Gasteiger partial charge in [0.1, 0.15) is 6.04 Å². The number of amides is 2. The maximum atomic E-state index is 14.1. The van der Waals surface area contributed by atoms with Crippen molar-refractivity contribution < 1.29 is 9.59 Å². The number of para-hydroxylation sites is 1. The minimum atomic E-state index is -0.624. The van der Waals surface area contributed by atoms with Crippen molar-refractivity contribution in [3.8, 4) is 0 Å². The number of anilines is 2. The molecule has 6 nitrogen and oxygen atoms in total. The summed E-state index contributed by atoms with van der Waals surface area (Å²) in [7, 11) is 2.07. The quantitative estimate of drug-likeness (QED) is 0.288. The normalized spacial score (nSPS) is 17.6. The minimum absolute atomic E-state index is 0.0851. The summed E-state index contributed by atoms with van der Waals surface area (Å²) in [5.41, 5.74) is 6.89. The van der Waals surface area contributed by atoms with Crippen molar-refractivity contribution >= 4 is 34.1 Å². The van der Waals surface area contributed by atoms with E-state index in [4.69, 9.17) is 0 Å². The molecule has 2 atom stereocenters. The third-order valence-electron chi connectivity index (χ3n) is 8.66. The lowest BCUT2D eigenvalue weighted by atomic mass is 9.93. The van der Waals surface area contributed by atoms with Crippen molar-refractivity contribution in [1.29, 1.82) is 0 Å². The molecule has 1 N–H and O–H groups in total. The van der Waals surface area contributed by atoms with Crippen LogP contribution in [0, 0.1) is 12.8 Å². The zero-order valence-electron chi connectivity index (χ0n) is 23.9. The number of benzene rings is 3. The van der Waals surface area contributed by atoms with Gasteiger partial charge in [-0.2, -0.15) is 0 Å². The van der Waals surface area contributed by atoms with Crippen LogP contribution in [0.3, 0.4) is 0 Å². The predicted molar refractivity (Wildman–Crippen MR) is 162 cm³/mol. The van der Waals surface area contributed by atoms with Gasteiger partial charge in [-0.05, 0) is 74.1 Å². The van der Waals surface area contributed by atoms with Gasteiger partial charge < -0.3 is 19.7 Å². The number of carbonyl (C=O) groups is 2. The molecule has 0 saturated carbocycles. The summed E-state index contributed by atoms with van der Waals surface area (Å²) < 4.78 is 2.19. The van der Waals surface area contributed by atoms with Gasteiger partial charge in [0.15, 0.2) is 0 Å². The van der Waals surface area contributed by atoms with E-state index in [2.05, 4.69) is 66.9 Å². The highest BCUT2D eigenvalue weighted by Gasteiger charge is 2.45. The van der Waals surface area contributed by atoms with E-state index in [-0.39, 0.29) is 23.8 Å². The number of carbonyl (C=O) groups excluding carboxylic acids is 2. The molecular weight excluding hydrogens is 496 g/mol. The summed E-state index contributed by atoms with van der Waals surface area (Å²) in [6, 6.07) is 23.3. The van der Waals surface area contributed by atoms with Crippen LogP contribution in [-0.2, 0) is 11.8 Å². The Morgan fingerprint density at radius 3 is 2.35 bits per heavy atom. The van der Waals surface area contributed by atoms with Crippen molar-refractivity contribution in [3.63, 3.8) is 0 Å². The van der Waals surface area contributed by atoms with Crippen LogP contribution in [0.1, 0.15) is 66.3 Å². The van der Waals surface area contributed by atoms with E-state index in [0.717, 1.165) is 46.5 Å². The maximum Gasteiger partial charge on any atom is 0.255 e. The number of hydrogen-bond acceptors (Lipinski definition) is 3. The molecule has 40 heavy (non-hydrogen) atoms. The molecule has 1 aromatic heterocycles. The lowest BCUT2D eigenvalue weighted by Crippen LogP contribution is -2.47. The van der Waals surface area contributed by atoms with Crippen molar-refractivity contribution in [2.45, 2.75) is 52.1 Å². The molecule has 2 unspecified atom stereocenters. The summed E-state index contributed by atoms with van der Waals surface area (Å²) in [4.78, 5) is 32.5. The van der Waals surface area contributed by atoms with Crippen LogP contribution >= 0.6 is 0 Å². The smallest absolute Gasteiger partial charge is 0.255 e. The molecule has 0 aliphatic carbocycles. The maximum absolute atomic E-state index is 14.1. The molecule has 4 aromatic rings. The number of nitrogens with zero attached hydrogens (tertiary/aromatic N) is 3. The van der Waals surface area contributed by atoms with Crippen molar-refractivity contribution in [1.82, 2.24) is 9.47 Å². The Balaban J connectivity index is 1.40. The molecule has 1 fully saturated rings. The summed E-state index contributed by atoms with van der Waals surface area (Å²) in [5.74, 6) is -0.0103. The van der Waals surface area contributed by atoms with E-state index >= 15 is 0 Å². The Labute approximate surface area is 236 Å². The molecule has 1 saturated heterocycles. The molecular formula is C34H38N4O2. The Bertz CT molecular complexity index is 1560. The highest BCUT2D eigenvalue weighted by atomic mass is 16.2. The van der Waals surface area contributed by atoms with Crippen molar-refractivity contribution in [3.05, 3.63) is 95.2 Å². The Morgan fingerprint density at radius 1 is 0.950 bits per heavy atom. The second kappa shape index (κ2) is 10.5. The number of nitrogens with one attached hydrogen (secondary N) is 1. The highest BCUT2D eigenvalue weighted by molar-refractivity contribution is 6.05. The SMILES string of the molecule is Cc1c(C2c3ccccc3C(=O)N2C(CC(C)C)C(=O)Nc2ccc(N3CCCC3)cc2)c2ccccc2n1C. The van der Waals surface area contributed by atoms with Gasteiger partial charge in [-0.1, -0.05) is 50.2 Å². The largest absolute Gasteiger partial charge is 0.372 e. The summed E-state index contributed by atoms with van der Waals surface area (Å²) in [5, 5.41) is 4.28. The van der Waals surface area contributed by atoms with Crippen LogP contribution in [-0.4, -0.2) is 40.4 Å². The summed E-state index contributed by atoms with van der Waals surface area (Å²) in [6.07, 6.45) is 3.01. The van der Waals surface area contributed by atoms with E-state index in [1.807, 2.05) is 53.4 Å². The van der Waals surface area contributed by atoms with Gasteiger partial charge in [0, 0.05) is 59.2 Å². The number of aromatic nitrogens is 1. The zero-order valence-corrected chi connectivity index (χ0v) is 23.9. The van der Waals surface area contributed by atoms with E-state index < -0.39 is 6.04 Å². The Morgan fingerprint density at radius 2 is 1.62 bits per heavy atom. The second-order valence-corrected chi connectivity index (χ2v) is 11.7. The first kappa shape index (κ1) is 26.2. The molecule has 3 aromatic carbocycles. The lowest BCUT2D eigenvalue weighted by molar-refractivity contribution is -0.121. The van der Waals surface area contributed by atoms with Gasteiger partial charge in [0.05, 0.1) is 6.04 Å². The van der Waals surface area contributed by atoms with E-state index in [1.165, 1.54) is 18.5 Å². The van der Waals surface area contributed by atoms with Gasteiger partial charge in [-0.3, -0.25) is 9.59 Å². The monoisotopic (exact) mass is 534 g/mol. The average Bonchev–Trinajstić information content (AvgIpc) is 3.65. The second-order valence-electron chi connectivity index (χ2n) is 11.7. The van der Waals surface area contributed by atoms with Gasteiger partial charge in [0.25, 0.3) is 5.91 Å². The number of rotatable bonds is 7. The highest BCUT2D eigenvalue weighted by Crippen LogP contribution is 2.45. The van der Waals surface area contributed by atoms with Crippen LogP contribution in [0.2, 0.25) is 0 Å². The standard InChI is InChI=1S/C34H38N4O2/c1-22(2)21-30(33(39)35-24-15-17-25(18-16-24)37-19-9-10-20-37)38-32(26-11-5-6-12-27(26)34(38)40)31-23(3)36(4)29-14-8-7-13-28(29)31/h5-8,11-18,22,30,32H,9-10,19-21H2,1-4H3,(H,35,39). The number of fused-ring (bicyclic) bond motifs is 2. The van der Waals surface area contributed by atoms with E-state index in [0.29, 0.717) is 12.0 Å². The summed E-state index contributed by atoms with van der Waals surface area (Å²) >= 11 is 0. The molecule has 3 heterocycles. The molecule has 0 radical (unpaired) electrons. The van der Waals surface area contributed by atoms with Gasteiger partial charge in [-0.25, -0.2) is 0 Å². The van der Waals surface area contributed by atoms with Crippen LogP contribution < -0.4 is 10.2 Å². The van der Waals surface area contributed by atoms with Crippen molar-refractivity contribution in [2.75, 3.05) is 23.3 Å². The topological polar surface area (TPSA) is 57.6 Å². The average molecular weight is 535 g/mol. The fraction of sp³-hybridized carbons (Fsp3) is 0.353. The number of hydrogen-bond donors (Lipinski definition) is 1. The van der Waals surface area contributed by atoms with Crippen LogP contribution in [0.5, 0.6) is 0 Å². The van der Waals surface area contributed by atoms with Gasteiger partial charge in [-0.15, -0.1) is 0 Å². The first-order valence-corrected chi connectivity index (χ1v) is 14.5. The molecule has 6 rings (SSSR count). The molecule has 2 aliphatic heterocycles. The minimum Gasteiger partial charge on any atom is -0.372 e. The molecule has 206 valence electrons. The molecule has 0 bridgehead atoms. The van der Waals surface area contributed by atoms with Gasteiger partial charge in [0.2, 0.25) is 5.91 Å². The third kappa shape index (κ3) is 4.45. The van der Waals surface area contributed by atoms with Crippen LogP contribution in [0.15, 0.2) is 72.8 Å². The Hall–Kier alpha value is -4.06.